The fourth-order valence-electron chi connectivity index (χ4n) is 1.38. The molecule has 0 aliphatic carbocycles. The summed E-state index contributed by atoms with van der Waals surface area (Å²) in [6.07, 6.45) is 2.34. The van der Waals surface area contributed by atoms with E-state index in [1.54, 1.807) is 0 Å². The summed E-state index contributed by atoms with van der Waals surface area (Å²) in [6, 6.07) is 8.97. The molecule has 0 amide bonds. The smallest absolute Gasteiger partial charge is 0.0178 e. The zero-order valence-corrected chi connectivity index (χ0v) is 11.8. The molecule has 1 atom stereocenters. The normalized spacial score (nSPS) is 11.9. The second kappa shape index (κ2) is 9.33. The van der Waals surface area contributed by atoms with E-state index < -0.39 is 11.3 Å². The van der Waals surface area contributed by atoms with Gasteiger partial charge in [-0.1, -0.05) is 45.0 Å². The van der Waals surface area contributed by atoms with Crippen molar-refractivity contribution in [2.24, 2.45) is 5.92 Å². The summed E-state index contributed by atoms with van der Waals surface area (Å²) in [6.45, 7) is 6.71. The molecule has 1 aromatic carbocycles. The first-order valence-electron chi connectivity index (χ1n) is 5.84. The summed E-state index contributed by atoms with van der Waals surface area (Å²) in [5.41, 5.74) is 2.89. The minimum absolute atomic E-state index is 0.762. The summed E-state index contributed by atoms with van der Waals surface area (Å²) >= 11 is -2.07. The number of nitrogens with one attached hydrogen (secondary N) is 1. The lowest BCUT2D eigenvalue weighted by Gasteiger charge is -2.05. The first kappa shape index (κ1) is 16.3. The van der Waals surface area contributed by atoms with Crippen LogP contribution in [-0.2, 0) is 24.1 Å². The first-order chi connectivity index (χ1) is 7.99. The quantitative estimate of drug-likeness (QED) is 0.841. The fraction of sp³-hybridized carbons (Fsp3) is 0.538. The lowest BCUT2D eigenvalue weighted by Crippen LogP contribution is -2.07. The average molecular weight is 256 g/mol. The number of rotatable bonds is 4. The van der Waals surface area contributed by atoms with Crippen LogP contribution in [-0.4, -0.2) is 15.8 Å². The Hall–Kier alpha value is -0.710. The maximum Gasteiger partial charge on any atom is 0.0178 e. The second-order valence-corrected chi connectivity index (χ2v) is 5.08. The van der Waals surface area contributed by atoms with E-state index in [0.717, 1.165) is 12.3 Å². The maximum absolute atomic E-state index is 9.26. The summed E-state index contributed by atoms with van der Waals surface area (Å²) in [5, 5.41) is 0. The van der Waals surface area contributed by atoms with Crippen LogP contribution in [0, 0.1) is 5.92 Å². The summed E-state index contributed by atoms with van der Waals surface area (Å²) < 4.78 is 20.5. The van der Waals surface area contributed by atoms with E-state index in [4.69, 9.17) is 0 Å². The van der Waals surface area contributed by atoms with Crippen LogP contribution in [0.2, 0.25) is 0 Å². The van der Waals surface area contributed by atoms with E-state index in [1.807, 2.05) is 4.72 Å². The molecule has 1 N–H and O–H groups in total. The zero-order valence-electron chi connectivity index (χ0n) is 11.0. The number of benzene rings is 1. The molecule has 0 spiro atoms. The van der Waals surface area contributed by atoms with Crippen LogP contribution in [0.3, 0.4) is 0 Å². The highest BCUT2D eigenvalue weighted by molar-refractivity contribution is 7.77. The van der Waals surface area contributed by atoms with Crippen LogP contribution in [0.5, 0.6) is 0 Å². The number of aryl methyl sites for hydroxylation is 1. The molecule has 1 unspecified atom stereocenters. The Balaban J connectivity index is 0.000000437. The van der Waals surface area contributed by atoms with E-state index in [-0.39, 0.29) is 0 Å². The third-order valence-corrected chi connectivity index (χ3v) is 2.58. The molecule has 3 nitrogen and oxygen atoms in total. The van der Waals surface area contributed by atoms with Crippen LogP contribution in [0.25, 0.3) is 0 Å². The van der Waals surface area contributed by atoms with Crippen molar-refractivity contribution in [3.63, 3.8) is 0 Å². The lowest BCUT2D eigenvalue weighted by atomic mass is 10.0. The molecule has 4 heteroatoms. The Morgan fingerprint density at radius 1 is 1.24 bits per heavy atom. The zero-order chi connectivity index (χ0) is 13.3. The van der Waals surface area contributed by atoms with E-state index in [2.05, 4.69) is 45.0 Å². The van der Waals surface area contributed by atoms with Crippen molar-refractivity contribution < 1.29 is 8.76 Å². The van der Waals surface area contributed by atoms with E-state index in [1.165, 1.54) is 24.6 Å². The van der Waals surface area contributed by atoms with Crippen molar-refractivity contribution in [3.8, 4) is 0 Å². The summed E-state index contributed by atoms with van der Waals surface area (Å²) in [7, 11) is 1.34. The van der Waals surface area contributed by atoms with Crippen LogP contribution < -0.4 is 4.72 Å². The van der Waals surface area contributed by atoms with E-state index in [9.17, 15) is 8.76 Å². The van der Waals surface area contributed by atoms with Gasteiger partial charge in [0, 0.05) is 11.3 Å². The monoisotopic (exact) mass is 256 g/mol. The van der Waals surface area contributed by atoms with Gasteiger partial charge in [0.25, 0.3) is 0 Å². The van der Waals surface area contributed by atoms with Gasteiger partial charge in [-0.05, 0) is 36.9 Å². The van der Waals surface area contributed by atoms with Crippen LogP contribution in [0.4, 0.5) is 0 Å². The fourth-order valence-corrected chi connectivity index (χ4v) is 1.38. The topological polar surface area (TPSA) is 52.2 Å². The Labute approximate surface area is 107 Å². The molecule has 17 heavy (non-hydrogen) atoms. The summed E-state index contributed by atoms with van der Waals surface area (Å²) in [4.78, 5) is 0. The van der Waals surface area contributed by atoms with Gasteiger partial charge in [0.05, 0.1) is 0 Å². The molecular weight excluding hydrogens is 234 g/mol. The van der Waals surface area contributed by atoms with Gasteiger partial charge >= 0.3 is 0 Å². The Morgan fingerprint density at radius 3 is 1.94 bits per heavy atom. The van der Waals surface area contributed by atoms with Crippen LogP contribution in [0.1, 0.15) is 31.9 Å². The van der Waals surface area contributed by atoms with Crippen molar-refractivity contribution in [1.82, 2.24) is 4.72 Å². The molecule has 0 radical (unpaired) electrons. The Kier molecular flexibility index (Phi) is 8.94. The molecular formula is C13H22NO2S-. The molecule has 0 aliphatic rings. The predicted molar refractivity (Wildman–Crippen MR) is 72.3 cm³/mol. The van der Waals surface area contributed by atoms with E-state index >= 15 is 0 Å². The predicted octanol–water partition coefficient (Wildman–Crippen LogP) is 2.45. The molecule has 0 aromatic heterocycles. The lowest BCUT2D eigenvalue weighted by molar-refractivity contribution is 0.529. The van der Waals surface area contributed by atoms with Gasteiger partial charge in [-0.3, -0.25) is 8.93 Å². The minimum Gasteiger partial charge on any atom is -0.760 e. The Morgan fingerprint density at radius 2 is 1.65 bits per heavy atom. The number of hydrogen-bond acceptors (Lipinski definition) is 2. The highest BCUT2D eigenvalue weighted by Gasteiger charge is 1.96. The molecule has 1 rings (SSSR count). The van der Waals surface area contributed by atoms with Crippen molar-refractivity contribution in [2.45, 2.75) is 33.6 Å². The van der Waals surface area contributed by atoms with Gasteiger partial charge in [0.1, 0.15) is 0 Å². The third kappa shape index (κ3) is 9.03. The van der Waals surface area contributed by atoms with Crippen molar-refractivity contribution in [3.05, 3.63) is 35.4 Å². The molecule has 0 aliphatic heterocycles. The molecule has 1 aromatic rings. The van der Waals surface area contributed by atoms with Crippen molar-refractivity contribution in [2.75, 3.05) is 7.05 Å². The van der Waals surface area contributed by atoms with Gasteiger partial charge < -0.3 is 4.55 Å². The summed E-state index contributed by atoms with van der Waals surface area (Å²) in [5.74, 6) is 0.762. The average Bonchev–Trinajstić information content (AvgIpc) is 2.30. The largest absolute Gasteiger partial charge is 0.760 e. The van der Waals surface area contributed by atoms with Crippen LogP contribution in [0.15, 0.2) is 24.3 Å². The van der Waals surface area contributed by atoms with E-state index in [0.29, 0.717) is 0 Å². The molecule has 0 bridgehead atoms. The van der Waals surface area contributed by atoms with Crippen molar-refractivity contribution >= 4 is 11.3 Å². The maximum atomic E-state index is 9.26. The van der Waals surface area contributed by atoms with Crippen molar-refractivity contribution in [1.29, 1.82) is 0 Å². The third-order valence-electron chi connectivity index (χ3n) is 2.24. The molecule has 98 valence electrons. The molecule has 0 heterocycles. The Bertz CT molecular complexity index is 323. The van der Waals surface area contributed by atoms with Gasteiger partial charge in [-0.25, -0.2) is 0 Å². The highest BCUT2D eigenvalue weighted by atomic mass is 32.2. The van der Waals surface area contributed by atoms with Gasteiger partial charge in [-0.2, -0.15) is 0 Å². The molecule has 0 saturated heterocycles. The first-order valence-corrected chi connectivity index (χ1v) is 6.91. The standard InChI is InChI=1S/C12H18.CH5NO2S/c1-4-11-5-7-12(8-6-11)9-10(2)3;1-2-5(3)4/h5-8,10H,4,9H2,1-3H3;2H,1H3,(H,3,4)/p-1. The second-order valence-electron chi connectivity index (χ2n) is 4.21. The highest BCUT2D eigenvalue weighted by Crippen LogP contribution is 2.09. The van der Waals surface area contributed by atoms with Gasteiger partial charge in [-0.15, -0.1) is 0 Å². The molecule has 0 fully saturated rings. The molecule has 0 saturated carbocycles. The van der Waals surface area contributed by atoms with Crippen LogP contribution >= 0.6 is 0 Å². The van der Waals surface area contributed by atoms with Gasteiger partial charge in [0.15, 0.2) is 0 Å². The minimum atomic E-state index is -2.07. The van der Waals surface area contributed by atoms with Gasteiger partial charge in [0.2, 0.25) is 0 Å². The SMILES string of the molecule is CCc1ccc(CC(C)C)cc1.CNS(=O)[O-]. The number of hydrogen-bond donors (Lipinski definition) is 1.